The van der Waals surface area contributed by atoms with Crippen LogP contribution in [0.3, 0.4) is 0 Å². The van der Waals surface area contributed by atoms with E-state index in [-0.39, 0.29) is 9.92 Å². The molecule has 0 radical (unpaired) electrons. The second kappa shape index (κ2) is 3.46. The maximum Gasteiger partial charge on any atom is 0.296 e. The lowest BCUT2D eigenvalue weighted by Gasteiger charge is -2.04. The topological polar surface area (TPSA) is 54.4 Å². The minimum atomic E-state index is -4.27. The average Bonchev–Trinajstić information content (AvgIpc) is 1.78. The molecule has 0 amide bonds. The molecule has 0 heterocycles. The molecule has 1 aromatic carbocycles. The third-order valence-electron chi connectivity index (χ3n) is 1.45. The van der Waals surface area contributed by atoms with E-state index < -0.39 is 10.1 Å². The van der Waals surface area contributed by atoms with Crippen molar-refractivity contribution in [1.82, 2.24) is 0 Å². The summed E-state index contributed by atoms with van der Waals surface area (Å²) in [6.45, 7) is 1.50. The van der Waals surface area contributed by atoms with E-state index in [1.165, 1.54) is 19.1 Å². The third kappa shape index (κ3) is 2.34. The second-order valence-electron chi connectivity index (χ2n) is 2.51. The standard InChI is InChI=1S/C7H6Cl2O3S/c1-4-2-5(8)3-6(9)7(4)13(10,11)12/h2-3H,1H3,(H,10,11,12). The van der Waals surface area contributed by atoms with E-state index in [9.17, 15) is 8.42 Å². The molecule has 13 heavy (non-hydrogen) atoms. The zero-order chi connectivity index (χ0) is 10.2. The number of halogens is 2. The normalized spacial score (nSPS) is 11.7. The van der Waals surface area contributed by atoms with Crippen LogP contribution in [0.5, 0.6) is 0 Å². The largest absolute Gasteiger partial charge is 0.296 e. The monoisotopic (exact) mass is 240 g/mol. The van der Waals surface area contributed by atoms with E-state index >= 15 is 0 Å². The van der Waals surface area contributed by atoms with Gasteiger partial charge >= 0.3 is 0 Å². The van der Waals surface area contributed by atoms with Crippen LogP contribution in [0.15, 0.2) is 17.0 Å². The van der Waals surface area contributed by atoms with Crippen LogP contribution in [-0.2, 0) is 10.1 Å². The van der Waals surface area contributed by atoms with Crippen molar-refractivity contribution >= 4 is 33.3 Å². The van der Waals surface area contributed by atoms with Crippen LogP contribution in [0, 0.1) is 6.92 Å². The fraction of sp³-hybridized carbons (Fsp3) is 0.143. The molecule has 0 spiro atoms. The van der Waals surface area contributed by atoms with Crippen molar-refractivity contribution in [3.8, 4) is 0 Å². The molecule has 0 fully saturated rings. The number of rotatable bonds is 1. The zero-order valence-corrected chi connectivity index (χ0v) is 8.91. The molecule has 0 saturated carbocycles. The van der Waals surface area contributed by atoms with Crippen molar-refractivity contribution in [2.45, 2.75) is 11.8 Å². The van der Waals surface area contributed by atoms with E-state index in [2.05, 4.69) is 0 Å². The summed E-state index contributed by atoms with van der Waals surface area (Å²) in [5.41, 5.74) is 0.319. The Balaban J connectivity index is 3.57. The SMILES string of the molecule is Cc1cc(Cl)cc(Cl)c1S(=O)(=O)O. The Morgan fingerprint density at radius 3 is 2.23 bits per heavy atom. The Morgan fingerprint density at radius 2 is 1.85 bits per heavy atom. The highest BCUT2D eigenvalue weighted by atomic mass is 35.5. The van der Waals surface area contributed by atoms with E-state index in [0.29, 0.717) is 10.6 Å². The second-order valence-corrected chi connectivity index (χ2v) is 4.71. The number of hydrogen-bond donors (Lipinski definition) is 1. The molecule has 72 valence electrons. The van der Waals surface area contributed by atoms with Crippen molar-refractivity contribution in [1.29, 1.82) is 0 Å². The fourth-order valence-electron chi connectivity index (χ4n) is 1.02. The molecule has 1 rings (SSSR count). The Hall–Kier alpha value is -0.290. The maximum absolute atomic E-state index is 10.8. The van der Waals surface area contributed by atoms with E-state index in [1.807, 2.05) is 0 Å². The molecule has 0 saturated heterocycles. The smallest absolute Gasteiger partial charge is 0.282 e. The lowest BCUT2D eigenvalue weighted by atomic mass is 10.2. The van der Waals surface area contributed by atoms with Gasteiger partial charge in [0, 0.05) is 5.02 Å². The van der Waals surface area contributed by atoms with Gasteiger partial charge in [0.25, 0.3) is 10.1 Å². The lowest BCUT2D eigenvalue weighted by Crippen LogP contribution is -2.01. The summed E-state index contributed by atoms with van der Waals surface area (Å²) in [5.74, 6) is 0. The molecule has 6 heteroatoms. The van der Waals surface area contributed by atoms with Crippen LogP contribution < -0.4 is 0 Å². The van der Waals surface area contributed by atoms with Crippen molar-refractivity contribution in [2.24, 2.45) is 0 Å². The van der Waals surface area contributed by atoms with Crippen LogP contribution in [-0.4, -0.2) is 13.0 Å². The first-order chi connectivity index (χ1) is 5.82. The van der Waals surface area contributed by atoms with Crippen LogP contribution in [0.25, 0.3) is 0 Å². The molecule has 0 bridgehead atoms. The summed E-state index contributed by atoms with van der Waals surface area (Å²) in [6.07, 6.45) is 0. The number of hydrogen-bond acceptors (Lipinski definition) is 2. The minimum Gasteiger partial charge on any atom is -0.282 e. The summed E-state index contributed by atoms with van der Waals surface area (Å²) < 4.78 is 30.4. The fourth-order valence-corrected chi connectivity index (χ4v) is 2.67. The van der Waals surface area contributed by atoms with Gasteiger partial charge in [-0.15, -0.1) is 0 Å². The number of benzene rings is 1. The molecule has 0 unspecified atom stereocenters. The molecule has 3 nitrogen and oxygen atoms in total. The molecular formula is C7H6Cl2O3S. The van der Waals surface area contributed by atoms with Crippen molar-refractivity contribution in [3.05, 3.63) is 27.7 Å². The Kier molecular flexibility index (Phi) is 2.87. The van der Waals surface area contributed by atoms with E-state index in [4.69, 9.17) is 27.8 Å². The highest BCUT2D eigenvalue weighted by molar-refractivity contribution is 7.86. The first-order valence-electron chi connectivity index (χ1n) is 3.25. The van der Waals surface area contributed by atoms with E-state index in [0.717, 1.165) is 0 Å². The van der Waals surface area contributed by atoms with Crippen LogP contribution in [0.1, 0.15) is 5.56 Å². The van der Waals surface area contributed by atoms with Gasteiger partial charge in [-0.3, -0.25) is 4.55 Å². The lowest BCUT2D eigenvalue weighted by molar-refractivity contribution is 0.482. The van der Waals surface area contributed by atoms with Crippen LogP contribution >= 0.6 is 23.2 Å². The minimum absolute atomic E-state index is 0.0764. The van der Waals surface area contributed by atoms with Crippen molar-refractivity contribution in [2.75, 3.05) is 0 Å². The van der Waals surface area contributed by atoms with E-state index in [1.54, 1.807) is 0 Å². The van der Waals surface area contributed by atoms with Gasteiger partial charge in [0.15, 0.2) is 0 Å². The quantitative estimate of drug-likeness (QED) is 0.768. The Morgan fingerprint density at radius 1 is 1.31 bits per heavy atom. The van der Waals surface area contributed by atoms with Crippen molar-refractivity contribution < 1.29 is 13.0 Å². The molecule has 1 N–H and O–H groups in total. The molecule has 0 aliphatic heterocycles. The van der Waals surface area contributed by atoms with Gasteiger partial charge in [-0.1, -0.05) is 23.2 Å². The predicted octanol–water partition coefficient (Wildman–Crippen LogP) is 2.55. The van der Waals surface area contributed by atoms with Crippen molar-refractivity contribution in [3.63, 3.8) is 0 Å². The number of aryl methyl sites for hydroxylation is 1. The Bertz CT molecular complexity index is 416. The van der Waals surface area contributed by atoms with Crippen LogP contribution in [0.4, 0.5) is 0 Å². The summed E-state index contributed by atoms with van der Waals surface area (Å²) >= 11 is 11.2. The molecule has 0 aliphatic carbocycles. The van der Waals surface area contributed by atoms with Gasteiger partial charge in [0.1, 0.15) is 4.90 Å². The molecule has 0 atom stereocenters. The summed E-state index contributed by atoms with van der Waals surface area (Å²) in [7, 11) is -4.27. The van der Waals surface area contributed by atoms with Crippen LogP contribution in [0.2, 0.25) is 10.0 Å². The van der Waals surface area contributed by atoms with Gasteiger partial charge in [0.2, 0.25) is 0 Å². The highest BCUT2D eigenvalue weighted by Crippen LogP contribution is 2.28. The highest BCUT2D eigenvalue weighted by Gasteiger charge is 2.17. The third-order valence-corrected chi connectivity index (χ3v) is 3.14. The summed E-state index contributed by atoms with van der Waals surface area (Å²) in [6, 6.07) is 2.68. The molecule has 0 aromatic heterocycles. The zero-order valence-electron chi connectivity index (χ0n) is 6.58. The Labute approximate surface area is 86.0 Å². The van der Waals surface area contributed by atoms with Gasteiger partial charge in [-0.25, -0.2) is 0 Å². The first kappa shape index (κ1) is 10.8. The predicted molar refractivity (Wildman–Crippen MR) is 51.0 cm³/mol. The first-order valence-corrected chi connectivity index (χ1v) is 5.45. The maximum atomic E-state index is 10.8. The average molecular weight is 241 g/mol. The van der Waals surface area contributed by atoms with Gasteiger partial charge in [0.05, 0.1) is 5.02 Å². The van der Waals surface area contributed by atoms with Gasteiger partial charge in [-0.2, -0.15) is 8.42 Å². The van der Waals surface area contributed by atoms with Gasteiger partial charge < -0.3 is 0 Å². The summed E-state index contributed by atoms with van der Waals surface area (Å²) in [5, 5.41) is 0.252. The molecule has 1 aromatic rings. The summed E-state index contributed by atoms with van der Waals surface area (Å²) in [4.78, 5) is -0.293. The van der Waals surface area contributed by atoms with Gasteiger partial charge in [-0.05, 0) is 24.6 Å². The molecule has 0 aliphatic rings. The molecular weight excluding hydrogens is 235 g/mol.